The number of halogens is 2. The molecule has 1 unspecified atom stereocenters. The first-order chi connectivity index (χ1) is 8.41. The second kappa shape index (κ2) is 5.24. The summed E-state index contributed by atoms with van der Waals surface area (Å²) < 4.78 is 0. The van der Waals surface area contributed by atoms with Gasteiger partial charge in [0.25, 0.3) is 0 Å². The Morgan fingerprint density at radius 3 is 2.33 bits per heavy atom. The van der Waals surface area contributed by atoms with Crippen molar-refractivity contribution in [2.24, 2.45) is 0 Å². The lowest BCUT2D eigenvalue weighted by molar-refractivity contribution is 0.583. The number of benzene rings is 1. The van der Waals surface area contributed by atoms with Gasteiger partial charge in [0.05, 0.1) is 10.4 Å². The van der Waals surface area contributed by atoms with Crippen LogP contribution in [0.5, 0.6) is 0 Å². The molecule has 3 heteroatoms. The fraction of sp³-hybridized carbons (Fsp3) is 0.333. The van der Waals surface area contributed by atoms with Crippen molar-refractivity contribution >= 4 is 34.5 Å². The number of hydrogen-bond acceptors (Lipinski definition) is 1. The Morgan fingerprint density at radius 2 is 1.78 bits per heavy atom. The van der Waals surface area contributed by atoms with E-state index >= 15 is 0 Å². The third kappa shape index (κ3) is 2.74. The summed E-state index contributed by atoms with van der Waals surface area (Å²) in [4.78, 5) is 1.02. The molecule has 96 valence electrons. The Balaban J connectivity index is 2.49. The van der Waals surface area contributed by atoms with E-state index in [2.05, 4.69) is 39.0 Å². The maximum absolute atomic E-state index is 6.62. The molecular weight excluding hydrogens is 283 g/mol. The minimum Gasteiger partial charge on any atom is -0.145 e. The second-order valence-electron chi connectivity index (χ2n) is 5.33. The van der Waals surface area contributed by atoms with Gasteiger partial charge in [-0.05, 0) is 28.0 Å². The molecule has 0 aliphatic rings. The first kappa shape index (κ1) is 13.9. The van der Waals surface area contributed by atoms with Crippen LogP contribution >= 0.6 is 34.5 Å². The highest BCUT2D eigenvalue weighted by Crippen LogP contribution is 2.41. The van der Waals surface area contributed by atoms with Crippen molar-refractivity contribution in [1.82, 2.24) is 0 Å². The van der Waals surface area contributed by atoms with Crippen LogP contribution < -0.4 is 0 Å². The molecule has 0 aliphatic heterocycles. The zero-order valence-electron chi connectivity index (χ0n) is 10.7. The molecule has 0 spiro atoms. The SMILES string of the molecule is CC(C)(C)c1ccccc1C(Cl)c1sccc1Cl. The molecule has 1 heterocycles. The number of rotatable bonds is 2. The average Bonchev–Trinajstić information content (AvgIpc) is 2.73. The molecule has 0 N–H and O–H groups in total. The van der Waals surface area contributed by atoms with Crippen molar-refractivity contribution in [2.75, 3.05) is 0 Å². The predicted molar refractivity (Wildman–Crippen MR) is 82.2 cm³/mol. The molecule has 0 aliphatic carbocycles. The molecule has 0 bridgehead atoms. The van der Waals surface area contributed by atoms with E-state index in [-0.39, 0.29) is 10.8 Å². The molecule has 2 rings (SSSR count). The number of thiophene rings is 1. The van der Waals surface area contributed by atoms with E-state index in [1.165, 1.54) is 5.56 Å². The highest BCUT2D eigenvalue weighted by molar-refractivity contribution is 7.11. The number of alkyl halides is 1. The van der Waals surface area contributed by atoms with E-state index in [4.69, 9.17) is 23.2 Å². The molecule has 1 aromatic carbocycles. The maximum Gasteiger partial charge on any atom is 0.0945 e. The summed E-state index contributed by atoms with van der Waals surface area (Å²) in [7, 11) is 0. The fourth-order valence-electron chi connectivity index (χ4n) is 2.03. The lowest BCUT2D eigenvalue weighted by Crippen LogP contribution is -2.15. The standard InChI is InChI=1S/C15H16Cl2S/c1-15(2,3)11-7-5-4-6-10(11)13(17)14-12(16)8-9-18-14/h4-9,13H,1-3H3. The van der Waals surface area contributed by atoms with Crippen LogP contribution in [-0.2, 0) is 5.41 Å². The zero-order valence-corrected chi connectivity index (χ0v) is 13.0. The van der Waals surface area contributed by atoms with Crippen LogP contribution in [0, 0.1) is 0 Å². The minimum absolute atomic E-state index is 0.0769. The summed E-state index contributed by atoms with van der Waals surface area (Å²) in [5, 5.41) is 2.56. The van der Waals surface area contributed by atoms with Crippen LogP contribution in [0.3, 0.4) is 0 Å². The summed E-state index contributed by atoms with van der Waals surface area (Å²) in [6, 6.07) is 10.2. The summed E-state index contributed by atoms with van der Waals surface area (Å²) in [6.07, 6.45) is 0. The highest BCUT2D eigenvalue weighted by Gasteiger charge is 2.24. The lowest BCUT2D eigenvalue weighted by atomic mass is 9.83. The van der Waals surface area contributed by atoms with Crippen LogP contribution in [0.2, 0.25) is 5.02 Å². The molecular formula is C15H16Cl2S. The van der Waals surface area contributed by atoms with E-state index in [0.717, 1.165) is 15.5 Å². The fourth-order valence-corrected chi connectivity index (χ4v) is 3.70. The average molecular weight is 299 g/mol. The minimum atomic E-state index is -0.173. The normalized spacial score (nSPS) is 13.6. The van der Waals surface area contributed by atoms with Gasteiger partial charge in [-0.15, -0.1) is 22.9 Å². The van der Waals surface area contributed by atoms with Gasteiger partial charge in [-0.3, -0.25) is 0 Å². The quantitative estimate of drug-likeness (QED) is 0.594. The van der Waals surface area contributed by atoms with E-state index in [9.17, 15) is 0 Å². The van der Waals surface area contributed by atoms with Gasteiger partial charge in [-0.1, -0.05) is 56.6 Å². The van der Waals surface area contributed by atoms with Gasteiger partial charge in [-0.25, -0.2) is 0 Å². The molecule has 18 heavy (non-hydrogen) atoms. The van der Waals surface area contributed by atoms with Crippen LogP contribution in [0.4, 0.5) is 0 Å². The molecule has 1 atom stereocenters. The summed E-state index contributed by atoms with van der Waals surface area (Å²) >= 11 is 14.4. The Labute approximate surface area is 123 Å². The third-order valence-electron chi connectivity index (χ3n) is 2.92. The molecule has 0 saturated carbocycles. The largest absolute Gasteiger partial charge is 0.145 e. The monoisotopic (exact) mass is 298 g/mol. The van der Waals surface area contributed by atoms with Gasteiger partial charge in [0.2, 0.25) is 0 Å². The second-order valence-corrected chi connectivity index (χ2v) is 7.12. The van der Waals surface area contributed by atoms with Gasteiger partial charge in [0.15, 0.2) is 0 Å². The lowest BCUT2D eigenvalue weighted by Gasteiger charge is -2.24. The van der Waals surface area contributed by atoms with Gasteiger partial charge < -0.3 is 0 Å². The molecule has 2 aromatic rings. The Morgan fingerprint density at radius 1 is 1.11 bits per heavy atom. The Hall–Kier alpha value is -0.500. The van der Waals surface area contributed by atoms with Gasteiger partial charge >= 0.3 is 0 Å². The molecule has 0 nitrogen and oxygen atoms in total. The van der Waals surface area contributed by atoms with Crippen LogP contribution in [0.1, 0.15) is 42.2 Å². The van der Waals surface area contributed by atoms with E-state index in [1.807, 2.05) is 17.5 Å². The highest BCUT2D eigenvalue weighted by atomic mass is 35.5. The maximum atomic E-state index is 6.62. The summed E-state index contributed by atoms with van der Waals surface area (Å²) in [5.41, 5.74) is 2.50. The van der Waals surface area contributed by atoms with Crippen LogP contribution in [-0.4, -0.2) is 0 Å². The molecule has 0 fully saturated rings. The molecule has 0 amide bonds. The third-order valence-corrected chi connectivity index (χ3v) is 4.92. The predicted octanol–water partition coefficient (Wildman–Crippen LogP) is 6.03. The van der Waals surface area contributed by atoms with Crippen molar-refractivity contribution in [1.29, 1.82) is 0 Å². The van der Waals surface area contributed by atoms with Crippen LogP contribution in [0.25, 0.3) is 0 Å². The van der Waals surface area contributed by atoms with Crippen molar-refractivity contribution in [3.63, 3.8) is 0 Å². The summed E-state index contributed by atoms with van der Waals surface area (Å²) in [5.74, 6) is 0. The molecule has 0 radical (unpaired) electrons. The van der Waals surface area contributed by atoms with Gasteiger partial charge in [-0.2, -0.15) is 0 Å². The number of hydrogen-bond donors (Lipinski definition) is 0. The molecule has 1 aromatic heterocycles. The Bertz CT molecular complexity index is 537. The van der Waals surface area contributed by atoms with Crippen molar-refractivity contribution in [3.8, 4) is 0 Å². The van der Waals surface area contributed by atoms with Crippen LogP contribution in [0.15, 0.2) is 35.7 Å². The van der Waals surface area contributed by atoms with Crippen molar-refractivity contribution in [2.45, 2.75) is 31.6 Å². The van der Waals surface area contributed by atoms with Crippen molar-refractivity contribution in [3.05, 3.63) is 56.7 Å². The van der Waals surface area contributed by atoms with E-state index < -0.39 is 0 Å². The van der Waals surface area contributed by atoms with Crippen molar-refractivity contribution < 1.29 is 0 Å². The Kier molecular flexibility index (Phi) is 4.05. The zero-order chi connectivity index (χ0) is 13.3. The first-order valence-electron chi connectivity index (χ1n) is 5.87. The van der Waals surface area contributed by atoms with Gasteiger partial charge in [0.1, 0.15) is 0 Å². The first-order valence-corrected chi connectivity index (χ1v) is 7.57. The van der Waals surface area contributed by atoms with E-state index in [0.29, 0.717) is 0 Å². The smallest absolute Gasteiger partial charge is 0.0945 e. The summed E-state index contributed by atoms with van der Waals surface area (Å²) in [6.45, 7) is 6.60. The topological polar surface area (TPSA) is 0 Å². The molecule has 0 saturated heterocycles. The van der Waals surface area contributed by atoms with Gasteiger partial charge in [0, 0.05) is 4.88 Å². The van der Waals surface area contributed by atoms with E-state index in [1.54, 1.807) is 11.3 Å².